The van der Waals surface area contributed by atoms with E-state index in [1.165, 1.54) is 31.7 Å². The fraction of sp³-hybridized carbons (Fsp3) is 0.957. The Kier molecular flexibility index (Phi) is 23.2. The zero-order valence-electron chi connectivity index (χ0n) is 20.7. The molecule has 0 aliphatic carbocycles. The minimum atomic E-state index is -1.61. The highest BCUT2D eigenvalue weighted by Crippen LogP contribution is 2.17. The molecule has 0 saturated carbocycles. The predicted octanol–water partition coefficient (Wildman–Crippen LogP) is 4.13. The van der Waals surface area contributed by atoms with Gasteiger partial charge in [0, 0.05) is 13.5 Å². The van der Waals surface area contributed by atoms with E-state index in [1.54, 1.807) is 7.11 Å². The van der Waals surface area contributed by atoms with Gasteiger partial charge in [0.1, 0.15) is 0 Å². The summed E-state index contributed by atoms with van der Waals surface area (Å²) in [7, 11) is 0.0393. The smallest absolute Gasteiger partial charge is 0.303 e. The van der Waals surface area contributed by atoms with Crippen molar-refractivity contribution in [1.82, 2.24) is 0 Å². The van der Waals surface area contributed by atoms with Crippen LogP contribution in [0.5, 0.6) is 0 Å². The van der Waals surface area contributed by atoms with E-state index in [4.69, 9.17) is 33.2 Å². The van der Waals surface area contributed by atoms with Crippen molar-refractivity contribution in [3.8, 4) is 0 Å². The summed E-state index contributed by atoms with van der Waals surface area (Å²) in [6, 6.07) is 1.17. The van der Waals surface area contributed by atoms with E-state index in [0.717, 1.165) is 19.3 Å². The van der Waals surface area contributed by atoms with Crippen LogP contribution in [-0.4, -0.2) is 92.6 Å². The van der Waals surface area contributed by atoms with Crippen LogP contribution in [0.25, 0.3) is 0 Å². The first-order valence-corrected chi connectivity index (χ1v) is 15.2. The Hall–Kier alpha value is -0.553. The lowest BCUT2D eigenvalue weighted by Gasteiger charge is -2.22. The molecule has 0 heterocycles. The van der Waals surface area contributed by atoms with Gasteiger partial charge in [-0.2, -0.15) is 0 Å². The number of hydrogen-bond donors (Lipinski definition) is 1. The van der Waals surface area contributed by atoms with Gasteiger partial charge in [0.05, 0.1) is 66.1 Å². The van der Waals surface area contributed by atoms with Gasteiger partial charge in [0.2, 0.25) is 0 Å². The summed E-state index contributed by atoms with van der Waals surface area (Å²) < 4.78 is 32.7. The second-order valence-electron chi connectivity index (χ2n) is 8.42. The highest BCUT2D eigenvalue weighted by molar-refractivity contribution is 6.71. The number of unbranched alkanes of at least 4 members (excludes halogenated alkanes) is 6. The first-order chi connectivity index (χ1) is 15.5. The van der Waals surface area contributed by atoms with Crippen molar-refractivity contribution in [2.45, 2.75) is 70.5 Å². The Morgan fingerprint density at radius 3 is 1.50 bits per heavy atom. The van der Waals surface area contributed by atoms with Crippen molar-refractivity contribution in [3.05, 3.63) is 0 Å². The molecule has 1 N–H and O–H groups in total. The van der Waals surface area contributed by atoms with Crippen molar-refractivity contribution in [1.29, 1.82) is 0 Å². The molecule has 0 aliphatic rings. The fourth-order valence-electron chi connectivity index (χ4n) is 3.06. The summed E-state index contributed by atoms with van der Waals surface area (Å²) in [5, 5.41) is 8.61. The van der Waals surface area contributed by atoms with Gasteiger partial charge in [-0.05, 0) is 25.6 Å². The molecule has 0 rings (SSSR count). The zero-order valence-corrected chi connectivity index (χ0v) is 21.7. The first kappa shape index (κ1) is 31.4. The molecule has 0 bridgehead atoms. The minimum absolute atomic E-state index is 0.301. The van der Waals surface area contributed by atoms with E-state index < -0.39 is 14.3 Å². The van der Waals surface area contributed by atoms with Crippen molar-refractivity contribution in [2.75, 3.05) is 73.2 Å². The molecule has 0 atom stereocenters. The number of carbonyl (C=O) groups is 1. The number of carboxylic acids is 1. The maximum absolute atomic E-state index is 10.5. The number of methoxy groups -OCH3 is 1. The topological polar surface area (TPSA) is 92.7 Å². The third kappa shape index (κ3) is 25.7. The van der Waals surface area contributed by atoms with Gasteiger partial charge in [-0.15, -0.1) is 0 Å². The van der Waals surface area contributed by atoms with E-state index in [1.807, 2.05) is 0 Å². The lowest BCUT2D eigenvalue weighted by atomic mass is 10.1. The lowest BCUT2D eigenvalue weighted by molar-refractivity contribution is -0.137. The number of rotatable bonds is 26. The molecule has 0 amide bonds. The number of aliphatic carboxylic acids is 1. The molecular weight excluding hydrogens is 432 g/mol. The third-order valence-electron chi connectivity index (χ3n) is 4.94. The van der Waals surface area contributed by atoms with E-state index in [2.05, 4.69) is 13.1 Å². The summed E-state index contributed by atoms with van der Waals surface area (Å²) in [5.74, 6) is -0.687. The molecule has 32 heavy (non-hydrogen) atoms. The average molecular weight is 481 g/mol. The van der Waals surface area contributed by atoms with Crippen LogP contribution in [0.2, 0.25) is 19.1 Å². The normalized spacial score (nSPS) is 11.8. The van der Waals surface area contributed by atoms with Gasteiger partial charge in [0.15, 0.2) is 8.32 Å². The van der Waals surface area contributed by atoms with E-state index >= 15 is 0 Å². The zero-order chi connectivity index (χ0) is 23.8. The Morgan fingerprint density at radius 2 is 1.03 bits per heavy atom. The lowest BCUT2D eigenvalue weighted by Crippen LogP contribution is -2.31. The summed E-state index contributed by atoms with van der Waals surface area (Å²) in [4.78, 5) is 10.5. The molecule has 8 nitrogen and oxygen atoms in total. The van der Waals surface area contributed by atoms with E-state index in [-0.39, 0.29) is 0 Å². The molecule has 0 aromatic heterocycles. The van der Waals surface area contributed by atoms with Crippen molar-refractivity contribution in [2.24, 2.45) is 0 Å². The monoisotopic (exact) mass is 480 g/mol. The quantitative estimate of drug-likeness (QED) is 0.146. The van der Waals surface area contributed by atoms with Crippen LogP contribution >= 0.6 is 0 Å². The molecule has 0 radical (unpaired) electrons. The molecule has 192 valence electrons. The highest BCUT2D eigenvalue weighted by atomic mass is 28.4. The molecule has 0 saturated heterocycles. The molecule has 0 spiro atoms. The average Bonchev–Trinajstić information content (AvgIpc) is 2.75. The van der Waals surface area contributed by atoms with Gasteiger partial charge < -0.3 is 33.2 Å². The molecular formula is C23H48O8Si. The van der Waals surface area contributed by atoms with Crippen molar-refractivity contribution in [3.63, 3.8) is 0 Å². The summed E-state index contributed by atoms with van der Waals surface area (Å²) in [6.07, 6.45) is 8.15. The van der Waals surface area contributed by atoms with Crippen LogP contribution in [0.3, 0.4) is 0 Å². The Morgan fingerprint density at radius 1 is 0.625 bits per heavy atom. The highest BCUT2D eigenvalue weighted by Gasteiger charge is 2.21. The Bertz CT molecular complexity index is 409. The van der Waals surface area contributed by atoms with Crippen LogP contribution in [0.15, 0.2) is 0 Å². The molecule has 0 unspecified atom stereocenters. The predicted molar refractivity (Wildman–Crippen MR) is 128 cm³/mol. The Labute approximate surface area is 196 Å². The number of ether oxygens (including phenoxy) is 5. The van der Waals surface area contributed by atoms with Crippen LogP contribution < -0.4 is 0 Å². The summed E-state index contributed by atoms with van der Waals surface area (Å²) >= 11 is 0. The van der Waals surface area contributed by atoms with Crippen LogP contribution in [0, 0.1) is 0 Å². The van der Waals surface area contributed by atoms with Gasteiger partial charge >= 0.3 is 5.97 Å². The van der Waals surface area contributed by atoms with E-state index in [0.29, 0.717) is 72.5 Å². The largest absolute Gasteiger partial charge is 0.481 e. The maximum atomic E-state index is 10.5. The number of carboxylic acid groups (broad SMARTS) is 1. The second kappa shape index (κ2) is 23.6. The van der Waals surface area contributed by atoms with Gasteiger partial charge in [-0.25, -0.2) is 0 Å². The van der Waals surface area contributed by atoms with Crippen LogP contribution in [-0.2, 0) is 32.9 Å². The molecule has 0 aliphatic heterocycles. The SMILES string of the molecule is COCCOCCOCCOCCOCCO[Si](C)(C)CCCCCCCCCC(=O)O. The van der Waals surface area contributed by atoms with Gasteiger partial charge in [-0.3, -0.25) is 4.79 Å². The minimum Gasteiger partial charge on any atom is -0.481 e. The van der Waals surface area contributed by atoms with E-state index in [9.17, 15) is 4.79 Å². The number of hydrogen-bond acceptors (Lipinski definition) is 7. The van der Waals surface area contributed by atoms with Crippen LogP contribution in [0.1, 0.15) is 51.4 Å². The van der Waals surface area contributed by atoms with Crippen molar-refractivity contribution >= 4 is 14.3 Å². The van der Waals surface area contributed by atoms with Gasteiger partial charge in [-0.1, -0.05) is 38.5 Å². The van der Waals surface area contributed by atoms with Crippen molar-refractivity contribution < 1.29 is 38.0 Å². The third-order valence-corrected chi connectivity index (χ3v) is 7.48. The fourth-order valence-corrected chi connectivity index (χ4v) is 4.95. The maximum Gasteiger partial charge on any atom is 0.303 e. The molecule has 0 aromatic carbocycles. The second-order valence-corrected chi connectivity index (χ2v) is 12.7. The molecule has 0 aromatic rings. The van der Waals surface area contributed by atoms with Crippen LogP contribution in [0.4, 0.5) is 0 Å². The molecule has 0 fully saturated rings. The Balaban J connectivity index is 3.30. The van der Waals surface area contributed by atoms with Gasteiger partial charge in [0.25, 0.3) is 0 Å². The molecule has 9 heteroatoms. The first-order valence-electron chi connectivity index (χ1n) is 12.1. The standard InChI is InChI=1S/C23H48O8Si/c1-26-12-13-27-14-15-28-16-17-29-18-19-30-20-21-31-32(2,3)22-10-8-6-4-5-7-9-11-23(24)25/h4-22H2,1-3H3,(H,24,25). The summed E-state index contributed by atoms with van der Waals surface area (Å²) in [5.41, 5.74) is 0. The summed E-state index contributed by atoms with van der Waals surface area (Å²) in [6.45, 7) is 10.4.